The Hall–Kier alpha value is -2.76. The summed E-state index contributed by atoms with van der Waals surface area (Å²) in [5.41, 5.74) is 1.77. The largest absolute Gasteiger partial charge is 0.467 e. The van der Waals surface area contributed by atoms with Crippen LogP contribution in [-0.4, -0.2) is 31.4 Å². The van der Waals surface area contributed by atoms with Gasteiger partial charge in [0.05, 0.1) is 30.7 Å². The smallest absolute Gasteiger partial charge is 0.239 e. The Bertz CT molecular complexity index is 742. The van der Waals surface area contributed by atoms with Gasteiger partial charge < -0.3 is 19.5 Å². The van der Waals surface area contributed by atoms with Gasteiger partial charge in [-0.1, -0.05) is 19.1 Å². The first-order chi connectivity index (χ1) is 12.0. The van der Waals surface area contributed by atoms with Crippen molar-refractivity contribution in [2.45, 2.75) is 20.4 Å². The van der Waals surface area contributed by atoms with Crippen molar-refractivity contribution >= 4 is 23.2 Å². The normalized spacial score (nSPS) is 17.0. The van der Waals surface area contributed by atoms with E-state index in [0.29, 0.717) is 13.1 Å². The Morgan fingerprint density at radius 1 is 1.16 bits per heavy atom. The van der Waals surface area contributed by atoms with Crippen LogP contribution in [0.3, 0.4) is 0 Å². The maximum absolute atomic E-state index is 12.4. The minimum atomic E-state index is -0.0744. The van der Waals surface area contributed by atoms with Crippen LogP contribution in [-0.2, 0) is 16.1 Å². The first-order valence-corrected chi connectivity index (χ1v) is 8.45. The molecule has 0 fully saturated rings. The van der Waals surface area contributed by atoms with Gasteiger partial charge in [-0.15, -0.1) is 0 Å². The van der Waals surface area contributed by atoms with Crippen molar-refractivity contribution in [2.75, 3.05) is 29.4 Å². The van der Waals surface area contributed by atoms with Crippen molar-refractivity contribution in [1.29, 1.82) is 0 Å². The van der Waals surface area contributed by atoms with Gasteiger partial charge in [0.15, 0.2) is 0 Å². The van der Waals surface area contributed by atoms with Crippen LogP contribution in [0.5, 0.6) is 0 Å². The molecule has 1 N–H and O–H groups in total. The molecule has 0 aliphatic carbocycles. The second-order valence-corrected chi connectivity index (χ2v) is 6.46. The third-order valence-electron chi connectivity index (χ3n) is 4.29. The molecule has 0 unspecified atom stereocenters. The molecule has 132 valence electrons. The van der Waals surface area contributed by atoms with Crippen LogP contribution in [0.25, 0.3) is 0 Å². The SMILES string of the molecule is CC(=O)N1C[C@@H](C)CN(CC(=O)NCc2ccco2)c2ccccc21. The highest BCUT2D eigenvalue weighted by Crippen LogP contribution is 2.33. The number of carbonyl (C=O) groups is 2. The van der Waals surface area contributed by atoms with Gasteiger partial charge in [0.1, 0.15) is 5.76 Å². The predicted molar refractivity (Wildman–Crippen MR) is 96.4 cm³/mol. The Labute approximate surface area is 147 Å². The van der Waals surface area contributed by atoms with E-state index in [-0.39, 0.29) is 24.3 Å². The standard InChI is InChI=1S/C19H23N3O3/c1-14-11-21(13-19(24)20-10-16-6-5-9-25-16)17-7-3-4-8-18(17)22(12-14)15(2)23/h3-9,14H,10-13H2,1-2H3,(H,20,24)/t14-/m0/s1. The molecule has 0 saturated heterocycles. The lowest BCUT2D eigenvalue weighted by Crippen LogP contribution is -2.39. The minimum Gasteiger partial charge on any atom is -0.467 e. The predicted octanol–water partition coefficient (Wildman–Crippen LogP) is 2.41. The monoisotopic (exact) mass is 341 g/mol. The lowest BCUT2D eigenvalue weighted by Gasteiger charge is -2.26. The van der Waals surface area contributed by atoms with E-state index in [1.807, 2.05) is 35.2 Å². The van der Waals surface area contributed by atoms with E-state index in [1.165, 1.54) is 0 Å². The second kappa shape index (κ2) is 7.42. The van der Waals surface area contributed by atoms with Crippen LogP contribution in [0.2, 0.25) is 0 Å². The molecule has 2 aromatic rings. The first kappa shape index (κ1) is 17.1. The molecule has 2 amide bonds. The van der Waals surface area contributed by atoms with Crippen molar-refractivity contribution in [2.24, 2.45) is 5.92 Å². The average Bonchev–Trinajstić information content (AvgIpc) is 3.06. The third kappa shape index (κ3) is 4.02. The zero-order chi connectivity index (χ0) is 17.8. The van der Waals surface area contributed by atoms with Crippen LogP contribution in [0, 0.1) is 5.92 Å². The number of nitrogens with zero attached hydrogens (tertiary/aromatic N) is 2. The third-order valence-corrected chi connectivity index (χ3v) is 4.29. The molecule has 0 radical (unpaired) electrons. The molecule has 0 saturated carbocycles. The van der Waals surface area contributed by atoms with Crippen molar-refractivity contribution in [3.8, 4) is 0 Å². The number of amides is 2. The van der Waals surface area contributed by atoms with Crippen molar-refractivity contribution < 1.29 is 14.0 Å². The van der Waals surface area contributed by atoms with E-state index in [9.17, 15) is 9.59 Å². The quantitative estimate of drug-likeness (QED) is 0.927. The summed E-state index contributed by atoms with van der Waals surface area (Å²) in [5, 5.41) is 2.88. The van der Waals surface area contributed by atoms with Crippen LogP contribution in [0.15, 0.2) is 47.1 Å². The molecule has 1 aromatic heterocycles. The van der Waals surface area contributed by atoms with Crippen LogP contribution >= 0.6 is 0 Å². The number of benzene rings is 1. The minimum absolute atomic E-state index is 0.0171. The van der Waals surface area contributed by atoms with Crippen molar-refractivity contribution in [1.82, 2.24) is 5.32 Å². The Kier molecular flexibility index (Phi) is 5.07. The number of hydrogen-bond acceptors (Lipinski definition) is 4. The second-order valence-electron chi connectivity index (χ2n) is 6.46. The van der Waals surface area contributed by atoms with Crippen LogP contribution < -0.4 is 15.1 Å². The van der Waals surface area contributed by atoms with Gasteiger partial charge in [-0.25, -0.2) is 0 Å². The highest BCUT2D eigenvalue weighted by Gasteiger charge is 2.27. The fourth-order valence-electron chi connectivity index (χ4n) is 3.18. The Morgan fingerprint density at radius 2 is 1.92 bits per heavy atom. The lowest BCUT2D eigenvalue weighted by atomic mass is 10.1. The van der Waals surface area contributed by atoms with Gasteiger partial charge in [-0.05, 0) is 30.2 Å². The molecule has 25 heavy (non-hydrogen) atoms. The molecule has 0 bridgehead atoms. The summed E-state index contributed by atoms with van der Waals surface area (Å²) in [5.74, 6) is 0.924. The molecule has 1 aromatic carbocycles. The number of nitrogens with one attached hydrogen (secondary N) is 1. The van der Waals surface area contributed by atoms with Crippen LogP contribution in [0.4, 0.5) is 11.4 Å². The highest BCUT2D eigenvalue weighted by molar-refractivity contribution is 5.96. The van der Waals surface area contributed by atoms with E-state index in [2.05, 4.69) is 12.2 Å². The van der Waals surface area contributed by atoms with E-state index < -0.39 is 0 Å². The number of fused-ring (bicyclic) bond motifs is 1. The molecule has 0 spiro atoms. The van der Waals surface area contributed by atoms with Gasteiger partial charge >= 0.3 is 0 Å². The maximum atomic E-state index is 12.4. The Balaban J connectivity index is 1.76. The maximum Gasteiger partial charge on any atom is 0.239 e. The lowest BCUT2D eigenvalue weighted by molar-refractivity contribution is -0.120. The summed E-state index contributed by atoms with van der Waals surface area (Å²) in [6.45, 7) is 5.65. The van der Waals surface area contributed by atoms with Gasteiger partial charge in [0.25, 0.3) is 0 Å². The molecular formula is C19H23N3O3. The molecule has 1 aliphatic rings. The van der Waals surface area contributed by atoms with E-state index in [0.717, 1.165) is 23.7 Å². The number of hydrogen-bond donors (Lipinski definition) is 1. The number of rotatable bonds is 4. The molecule has 6 heteroatoms. The summed E-state index contributed by atoms with van der Waals surface area (Å²) in [7, 11) is 0. The fourth-order valence-corrected chi connectivity index (χ4v) is 3.18. The Morgan fingerprint density at radius 3 is 2.60 bits per heavy atom. The van der Waals surface area contributed by atoms with Crippen molar-refractivity contribution in [3.63, 3.8) is 0 Å². The van der Waals surface area contributed by atoms with Gasteiger partial charge in [0.2, 0.25) is 11.8 Å². The zero-order valence-electron chi connectivity index (χ0n) is 14.6. The van der Waals surface area contributed by atoms with Gasteiger partial charge in [0, 0.05) is 20.0 Å². The zero-order valence-corrected chi connectivity index (χ0v) is 14.6. The van der Waals surface area contributed by atoms with Crippen molar-refractivity contribution in [3.05, 3.63) is 48.4 Å². The average molecular weight is 341 g/mol. The van der Waals surface area contributed by atoms with Crippen LogP contribution in [0.1, 0.15) is 19.6 Å². The highest BCUT2D eigenvalue weighted by atomic mass is 16.3. The molecular weight excluding hydrogens is 318 g/mol. The number of carbonyl (C=O) groups excluding carboxylic acids is 2. The number of anilines is 2. The molecule has 6 nitrogen and oxygen atoms in total. The number of furan rings is 1. The topological polar surface area (TPSA) is 65.8 Å². The molecule has 2 heterocycles. The molecule has 1 aliphatic heterocycles. The van der Waals surface area contributed by atoms with E-state index >= 15 is 0 Å². The van der Waals surface area contributed by atoms with Gasteiger partial charge in [-0.3, -0.25) is 9.59 Å². The fraction of sp³-hybridized carbons (Fsp3) is 0.368. The summed E-state index contributed by atoms with van der Waals surface area (Å²) in [6.07, 6.45) is 1.59. The van der Waals surface area contributed by atoms with E-state index in [1.54, 1.807) is 24.2 Å². The molecule has 3 rings (SSSR count). The number of para-hydroxylation sites is 2. The van der Waals surface area contributed by atoms with E-state index in [4.69, 9.17) is 4.42 Å². The summed E-state index contributed by atoms with van der Waals surface area (Å²) >= 11 is 0. The summed E-state index contributed by atoms with van der Waals surface area (Å²) < 4.78 is 5.24. The summed E-state index contributed by atoms with van der Waals surface area (Å²) in [6, 6.07) is 11.4. The van der Waals surface area contributed by atoms with Gasteiger partial charge in [-0.2, -0.15) is 0 Å². The first-order valence-electron chi connectivity index (χ1n) is 8.45. The molecule has 1 atom stereocenters. The summed E-state index contributed by atoms with van der Waals surface area (Å²) in [4.78, 5) is 28.3.